The van der Waals surface area contributed by atoms with Gasteiger partial charge in [0.2, 0.25) is 0 Å². The standard InChI is InChI=1S/C11H22O/c1-8-7-9(8)10(12)5-6-11(2,3)4/h8-10,12H,5-7H2,1-4H3. The van der Waals surface area contributed by atoms with E-state index in [0.717, 1.165) is 18.8 Å². The molecule has 0 aromatic rings. The van der Waals surface area contributed by atoms with Gasteiger partial charge in [-0.2, -0.15) is 0 Å². The first-order valence-corrected chi connectivity index (χ1v) is 5.08. The normalized spacial score (nSPS) is 31.8. The zero-order chi connectivity index (χ0) is 9.35. The van der Waals surface area contributed by atoms with Crippen molar-refractivity contribution >= 4 is 0 Å². The Morgan fingerprint density at radius 3 is 2.25 bits per heavy atom. The van der Waals surface area contributed by atoms with Crippen molar-refractivity contribution in [2.24, 2.45) is 17.3 Å². The molecule has 12 heavy (non-hydrogen) atoms. The van der Waals surface area contributed by atoms with Crippen molar-refractivity contribution in [1.29, 1.82) is 0 Å². The van der Waals surface area contributed by atoms with E-state index in [2.05, 4.69) is 27.7 Å². The Kier molecular flexibility index (Phi) is 2.82. The van der Waals surface area contributed by atoms with Crippen LogP contribution in [0.3, 0.4) is 0 Å². The van der Waals surface area contributed by atoms with Gasteiger partial charge in [-0.05, 0) is 36.5 Å². The van der Waals surface area contributed by atoms with Crippen molar-refractivity contribution in [3.05, 3.63) is 0 Å². The fourth-order valence-electron chi connectivity index (χ4n) is 1.68. The van der Waals surface area contributed by atoms with E-state index in [1.807, 2.05) is 0 Å². The van der Waals surface area contributed by atoms with Gasteiger partial charge >= 0.3 is 0 Å². The van der Waals surface area contributed by atoms with Gasteiger partial charge < -0.3 is 5.11 Å². The lowest BCUT2D eigenvalue weighted by molar-refractivity contribution is 0.120. The van der Waals surface area contributed by atoms with E-state index < -0.39 is 0 Å². The lowest BCUT2D eigenvalue weighted by Crippen LogP contribution is -2.15. The first-order valence-electron chi connectivity index (χ1n) is 5.08. The highest BCUT2D eigenvalue weighted by Gasteiger charge is 2.38. The van der Waals surface area contributed by atoms with Crippen LogP contribution in [-0.2, 0) is 0 Å². The summed E-state index contributed by atoms with van der Waals surface area (Å²) < 4.78 is 0. The van der Waals surface area contributed by atoms with Crippen LogP contribution in [-0.4, -0.2) is 11.2 Å². The molecule has 0 heterocycles. The summed E-state index contributed by atoms with van der Waals surface area (Å²) in [6.07, 6.45) is 3.33. The minimum atomic E-state index is -0.0285. The molecular weight excluding hydrogens is 148 g/mol. The Balaban J connectivity index is 2.15. The zero-order valence-electron chi connectivity index (χ0n) is 8.80. The minimum absolute atomic E-state index is 0.0285. The van der Waals surface area contributed by atoms with Crippen LogP contribution >= 0.6 is 0 Å². The van der Waals surface area contributed by atoms with Gasteiger partial charge in [-0.3, -0.25) is 0 Å². The van der Waals surface area contributed by atoms with Crippen LogP contribution in [0, 0.1) is 17.3 Å². The van der Waals surface area contributed by atoms with Crippen molar-refractivity contribution in [3.8, 4) is 0 Å². The van der Waals surface area contributed by atoms with Gasteiger partial charge in [0, 0.05) is 0 Å². The minimum Gasteiger partial charge on any atom is -0.393 e. The van der Waals surface area contributed by atoms with E-state index in [-0.39, 0.29) is 6.10 Å². The van der Waals surface area contributed by atoms with Crippen LogP contribution in [0.15, 0.2) is 0 Å². The fourth-order valence-corrected chi connectivity index (χ4v) is 1.68. The molecule has 72 valence electrons. The summed E-state index contributed by atoms with van der Waals surface area (Å²) in [6.45, 7) is 8.92. The largest absolute Gasteiger partial charge is 0.393 e. The molecule has 1 N–H and O–H groups in total. The Labute approximate surface area is 76.2 Å². The molecule has 0 amide bonds. The number of rotatable bonds is 3. The lowest BCUT2D eigenvalue weighted by Gasteiger charge is -2.20. The molecule has 1 aliphatic rings. The van der Waals surface area contributed by atoms with Gasteiger partial charge in [-0.15, -0.1) is 0 Å². The van der Waals surface area contributed by atoms with E-state index in [1.165, 1.54) is 6.42 Å². The van der Waals surface area contributed by atoms with Gasteiger partial charge in [-0.25, -0.2) is 0 Å². The summed E-state index contributed by atoms with van der Waals surface area (Å²) in [7, 11) is 0. The highest BCUT2D eigenvalue weighted by atomic mass is 16.3. The fraction of sp³-hybridized carbons (Fsp3) is 1.00. The molecular formula is C11H22O. The molecule has 1 saturated carbocycles. The second kappa shape index (κ2) is 3.37. The number of aliphatic hydroxyl groups excluding tert-OH is 1. The monoisotopic (exact) mass is 170 g/mol. The van der Waals surface area contributed by atoms with Crippen molar-refractivity contribution in [1.82, 2.24) is 0 Å². The lowest BCUT2D eigenvalue weighted by atomic mass is 9.88. The third-order valence-corrected chi connectivity index (χ3v) is 2.86. The summed E-state index contributed by atoms with van der Waals surface area (Å²) in [4.78, 5) is 0. The average molecular weight is 170 g/mol. The van der Waals surface area contributed by atoms with Gasteiger partial charge in [0.1, 0.15) is 0 Å². The molecule has 0 aliphatic heterocycles. The highest BCUT2D eigenvalue weighted by Crippen LogP contribution is 2.42. The molecule has 0 saturated heterocycles. The summed E-state index contributed by atoms with van der Waals surface area (Å²) >= 11 is 0. The molecule has 0 spiro atoms. The number of hydrogen-bond acceptors (Lipinski definition) is 1. The predicted octanol–water partition coefficient (Wildman–Crippen LogP) is 2.83. The summed E-state index contributed by atoms with van der Waals surface area (Å²) in [5.74, 6) is 1.40. The average Bonchev–Trinajstić information content (AvgIpc) is 2.60. The topological polar surface area (TPSA) is 20.2 Å². The molecule has 0 radical (unpaired) electrons. The summed E-state index contributed by atoms with van der Waals surface area (Å²) in [5, 5.41) is 9.72. The van der Waals surface area contributed by atoms with Crippen molar-refractivity contribution in [2.45, 2.75) is 53.1 Å². The molecule has 1 heteroatoms. The van der Waals surface area contributed by atoms with E-state index in [1.54, 1.807) is 0 Å². The van der Waals surface area contributed by atoms with Gasteiger partial charge in [0.05, 0.1) is 6.10 Å². The second-order valence-electron chi connectivity index (χ2n) is 5.54. The summed E-state index contributed by atoms with van der Waals surface area (Å²) in [5.41, 5.74) is 0.374. The summed E-state index contributed by atoms with van der Waals surface area (Å²) in [6, 6.07) is 0. The van der Waals surface area contributed by atoms with E-state index in [0.29, 0.717) is 11.3 Å². The predicted molar refractivity (Wildman–Crippen MR) is 52.0 cm³/mol. The Bertz CT molecular complexity index is 146. The third-order valence-electron chi connectivity index (χ3n) is 2.86. The van der Waals surface area contributed by atoms with E-state index in [9.17, 15) is 5.11 Å². The van der Waals surface area contributed by atoms with Crippen LogP contribution < -0.4 is 0 Å². The SMILES string of the molecule is CC1CC1C(O)CCC(C)(C)C. The Hall–Kier alpha value is -0.0400. The molecule has 0 aromatic heterocycles. The van der Waals surface area contributed by atoms with Gasteiger partial charge in [0.25, 0.3) is 0 Å². The van der Waals surface area contributed by atoms with Crippen molar-refractivity contribution < 1.29 is 5.11 Å². The van der Waals surface area contributed by atoms with Crippen LogP contribution in [0.1, 0.15) is 47.0 Å². The molecule has 1 nitrogen and oxygen atoms in total. The first-order chi connectivity index (χ1) is 5.40. The Morgan fingerprint density at radius 2 is 1.92 bits per heavy atom. The first kappa shape index (κ1) is 10.0. The van der Waals surface area contributed by atoms with Crippen molar-refractivity contribution in [2.75, 3.05) is 0 Å². The van der Waals surface area contributed by atoms with E-state index >= 15 is 0 Å². The molecule has 1 aliphatic carbocycles. The third kappa shape index (κ3) is 3.14. The zero-order valence-corrected chi connectivity index (χ0v) is 8.80. The molecule has 0 bridgehead atoms. The molecule has 3 unspecified atom stereocenters. The van der Waals surface area contributed by atoms with Crippen molar-refractivity contribution in [3.63, 3.8) is 0 Å². The highest BCUT2D eigenvalue weighted by molar-refractivity contribution is 4.88. The number of hydrogen-bond donors (Lipinski definition) is 1. The quantitative estimate of drug-likeness (QED) is 0.690. The van der Waals surface area contributed by atoms with Crippen LogP contribution in [0.4, 0.5) is 0 Å². The molecule has 0 aromatic carbocycles. The maximum atomic E-state index is 9.72. The van der Waals surface area contributed by atoms with Gasteiger partial charge in [-0.1, -0.05) is 27.7 Å². The maximum absolute atomic E-state index is 9.72. The van der Waals surface area contributed by atoms with E-state index in [4.69, 9.17) is 0 Å². The van der Waals surface area contributed by atoms with Crippen LogP contribution in [0.25, 0.3) is 0 Å². The molecule has 1 fully saturated rings. The second-order valence-corrected chi connectivity index (χ2v) is 5.54. The Morgan fingerprint density at radius 1 is 1.42 bits per heavy atom. The van der Waals surface area contributed by atoms with Crippen LogP contribution in [0.2, 0.25) is 0 Å². The van der Waals surface area contributed by atoms with Gasteiger partial charge in [0.15, 0.2) is 0 Å². The number of aliphatic hydroxyl groups is 1. The smallest absolute Gasteiger partial charge is 0.0571 e. The molecule has 3 atom stereocenters. The molecule has 1 rings (SSSR count). The maximum Gasteiger partial charge on any atom is 0.0571 e. The van der Waals surface area contributed by atoms with Crippen LogP contribution in [0.5, 0.6) is 0 Å².